The van der Waals surface area contributed by atoms with Gasteiger partial charge in [-0.05, 0) is 18.2 Å². The predicted octanol–water partition coefficient (Wildman–Crippen LogP) is 0.299. The highest BCUT2D eigenvalue weighted by molar-refractivity contribution is 7.89. The maximum absolute atomic E-state index is 12.9. The summed E-state index contributed by atoms with van der Waals surface area (Å²) < 4.78 is 56.0. The summed E-state index contributed by atoms with van der Waals surface area (Å²) in [6.45, 7) is -2.85. The molecule has 7 nitrogen and oxygen atoms in total. The Balaban J connectivity index is 3.17. The zero-order chi connectivity index (χ0) is 16.3. The second-order valence-electron chi connectivity index (χ2n) is 4.01. The number of carboxylic acids is 1. The van der Waals surface area contributed by atoms with Crippen LogP contribution in [0.5, 0.6) is 5.75 Å². The first kappa shape index (κ1) is 17.3. The Kier molecular flexibility index (Phi) is 5.20. The molecule has 118 valence electrons. The minimum Gasteiger partial charge on any atom is -0.495 e. The molecule has 1 aromatic rings. The third-order valence-electron chi connectivity index (χ3n) is 2.45. The minimum atomic E-state index is -4.43. The van der Waals surface area contributed by atoms with Gasteiger partial charge in [0.25, 0.3) is 5.92 Å². The third kappa shape index (κ3) is 4.34. The van der Waals surface area contributed by atoms with E-state index in [0.29, 0.717) is 0 Å². The molecule has 0 fully saturated rings. The number of benzene rings is 1. The summed E-state index contributed by atoms with van der Waals surface area (Å²) in [4.78, 5) is 10.2. The van der Waals surface area contributed by atoms with Crippen molar-refractivity contribution in [3.05, 3.63) is 23.8 Å². The number of alkyl halides is 2. The van der Waals surface area contributed by atoms with Gasteiger partial charge in [0.15, 0.2) is 0 Å². The topological polar surface area (TPSA) is 113 Å². The van der Waals surface area contributed by atoms with E-state index in [9.17, 15) is 22.0 Å². The molecule has 0 unspecified atom stereocenters. The number of carbonyl (C=O) groups is 1. The molecule has 0 spiro atoms. The summed E-state index contributed by atoms with van der Waals surface area (Å²) in [5.74, 6) is -5.21. The number of hydrogen-bond acceptors (Lipinski definition) is 5. The molecule has 0 amide bonds. The van der Waals surface area contributed by atoms with Gasteiger partial charge < -0.3 is 14.9 Å². The SMILES string of the molecule is COc1ccc(C(=O)O)cc1S(=O)(=O)NCC(F)(F)CO. The summed E-state index contributed by atoms with van der Waals surface area (Å²) in [5, 5.41) is 17.2. The third-order valence-corrected chi connectivity index (χ3v) is 3.87. The molecule has 0 bridgehead atoms. The molecular weight excluding hydrogens is 312 g/mol. The van der Waals surface area contributed by atoms with Crippen molar-refractivity contribution in [1.82, 2.24) is 4.72 Å². The van der Waals surface area contributed by atoms with Gasteiger partial charge in [-0.2, -0.15) is 0 Å². The number of aliphatic hydroxyl groups is 1. The summed E-state index contributed by atoms with van der Waals surface area (Å²) in [5.41, 5.74) is -0.343. The fraction of sp³-hybridized carbons (Fsp3) is 0.364. The lowest BCUT2D eigenvalue weighted by atomic mass is 10.2. The lowest BCUT2D eigenvalue weighted by molar-refractivity contribution is -0.0437. The molecule has 21 heavy (non-hydrogen) atoms. The Morgan fingerprint density at radius 1 is 1.43 bits per heavy atom. The number of hydrogen-bond donors (Lipinski definition) is 3. The van der Waals surface area contributed by atoms with Gasteiger partial charge in [0.05, 0.1) is 19.2 Å². The number of sulfonamides is 1. The molecule has 1 rings (SSSR count). The number of carboxylic acid groups (broad SMARTS) is 1. The molecule has 0 aliphatic carbocycles. The van der Waals surface area contributed by atoms with Gasteiger partial charge >= 0.3 is 5.97 Å². The van der Waals surface area contributed by atoms with Gasteiger partial charge in [0, 0.05) is 0 Å². The van der Waals surface area contributed by atoms with Gasteiger partial charge in [0.2, 0.25) is 10.0 Å². The maximum atomic E-state index is 12.9. The number of methoxy groups -OCH3 is 1. The standard InChI is InChI=1S/C11H13F2NO6S/c1-20-8-3-2-7(10(16)17)4-9(8)21(18,19)14-5-11(12,13)6-15/h2-4,14-15H,5-6H2,1H3,(H,16,17). The Morgan fingerprint density at radius 2 is 2.05 bits per heavy atom. The van der Waals surface area contributed by atoms with E-state index >= 15 is 0 Å². The van der Waals surface area contributed by atoms with Gasteiger partial charge in [-0.15, -0.1) is 0 Å². The number of aromatic carboxylic acids is 1. The second-order valence-corrected chi connectivity index (χ2v) is 5.74. The average molecular weight is 325 g/mol. The first-order chi connectivity index (χ1) is 9.63. The van der Waals surface area contributed by atoms with Crippen LogP contribution in [0.3, 0.4) is 0 Å². The monoisotopic (exact) mass is 325 g/mol. The second kappa shape index (κ2) is 6.33. The van der Waals surface area contributed by atoms with Crippen LogP contribution < -0.4 is 9.46 Å². The number of ether oxygens (including phenoxy) is 1. The number of aliphatic hydroxyl groups excluding tert-OH is 1. The first-order valence-corrected chi connectivity index (χ1v) is 7.01. The molecule has 0 atom stereocenters. The van der Waals surface area contributed by atoms with Crippen LogP contribution in [0, 0.1) is 0 Å². The van der Waals surface area contributed by atoms with Crippen molar-refractivity contribution < 1.29 is 36.9 Å². The molecule has 0 heterocycles. The van der Waals surface area contributed by atoms with Crippen molar-refractivity contribution in [1.29, 1.82) is 0 Å². The van der Waals surface area contributed by atoms with E-state index in [1.807, 2.05) is 0 Å². The van der Waals surface area contributed by atoms with Crippen molar-refractivity contribution in [2.45, 2.75) is 10.8 Å². The van der Waals surface area contributed by atoms with E-state index < -0.39 is 40.0 Å². The Hall–Kier alpha value is -1.78. The van der Waals surface area contributed by atoms with E-state index in [1.54, 1.807) is 4.72 Å². The van der Waals surface area contributed by atoms with Crippen LogP contribution in [-0.4, -0.2) is 50.8 Å². The van der Waals surface area contributed by atoms with Crippen molar-refractivity contribution >= 4 is 16.0 Å². The molecule has 0 aliphatic heterocycles. The Bertz CT molecular complexity index is 632. The van der Waals surface area contributed by atoms with Crippen LogP contribution in [-0.2, 0) is 10.0 Å². The smallest absolute Gasteiger partial charge is 0.335 e. The van der Waals surface area contributed by atoms with Gasteiger partial charge in [0.1, 0.15) is 17.3 Å². The lowest BCUT2D eigenvalue weighted by Crippen LogP contribution is -2.39. The molecule has 0 radical (unpaired) electrons. The quantitative estimate of drug-likeness (QED) is 0.664. The Labute approximate surface area is 119 Å². The lowest BCUT2D eigenvalue weighted by Gasteiger charge is -2.15. The van der Waals surface area contributed by atoms with Crippen molar-refractivity contribution in [2.75, 3.05) is 20.3 Å². The normalized spacial score (nSPS) is 12.2. The highest BCUT2D eigenvalue weighted by Gasteiger charge is 2.31. The molecule has 0 aliphatic rings. The number of halogens is 2. The fourth-order valence-electron chi connectivity index (χ4n) is 1.35. The molecule has 1 aromatic carbocycles. The Morgan fingerprint density at radius 3 is 2.52 bits per heavy atom. The van der Waals surface area contributed by atoms with Crippen LogP contribution in [0.15, 0.2) is 23.1 Å². The predicted molar refractivity (Wildman–Crippen MR) is 67.2 cm³/mol. The van der Waals surface area contributed by atoms with Gasteiger partial charge in [-0.1, -0.05) is 0 Å². The zero-order valence-corrected chi connectivity index (χ0v) is 11.7. The molecule has 0 saturated carbocycles. The van der Waals surface area contributed by atoms with Crippen LogP contribution in [0.2, 0.25) is 0 Å². The highest BCUT2D eigenvalue weighted by atomic mass is 32.2. The van der Waals surface area contributed by atoms with E-state index in [0.717, 1.165) is 25.3 Å². The van der Waals surface area contributed by atoms with E-state index in [4.69, 9.17) is 14.9 Å². The average Bonchev–Trinajstić information content (AvgIpc) is 2.44. The van der Waals surface area contributed by atoms with E-state index in [1.165, 1.54) is 0 Å². The summed E-state index contributed by atoms with van der Waals surface area (Å²) >= 11 is 0. The van der Waals surface area contributed by atoms with Crippen molar-refractivity contribution in [3.8, 4) is 5.75 Å². The summed E-state index contributed by atoms with van der Waals surface area (Å²) in [7, 11) is -3.28. The van der Waals surface area contributed by atoms with Gasteiger partial charge in [-0.3, -0.25) is 0 Å². The van der Waals surface area contributed by atoms with Crippen LogP contribution in [0.1, 0.15) is 10.4 Å². The molecule has 3 N–H and O–H groups in total. The minimum absolute atomic E-state index is 0.195. The van der Waals surface area contributed by atoms with Crippen molar-refractivity contribution in [2.24, 2.45) is 0 Å². The maximum Gasteiger partial charge on any atom is 0.335 e. The van der Waals surface area contributed by atoms with Crippen molar-refractivity contribution in [3.63, 3.8) is 0 Å². The molecule has 0 aromatic heterocycles. The number of nitrogens with one attached hydrogen (secondary N) is 1. The molecule has 10 heteroatoms. The largest absolute Gasteiger partial charge is 0.495 e. The van der Waals surface area contributed by atoms with Crippen LogP contribution in [0.25, 0.3) is 0 Å². The molecule has 0 saturated heterocycles. The highest BCUT2D eigenvalue weighted by Crippen LogP contribution is 2.25. The zero-order valence-electron chi connectivity index (χ0n) is 10.8. The number of rotatable bonds is 7. The van der Waals surface area contributed by atoms with Crippen LogP contribution >= 0.6 is 0 Å². The van der Waals surface area contributed by atoms with E-state index in [2.05, 4.69) is 0 Å². The molecular formula is C11H13F2NO6S. The van der Waals surface area contributed by atoms with Gasteiger partial charge in [-0.25, -0.2) is 26.7 Å². The fourth-order valence-corrected chi connectivity index (χ4v) is 2.61. The summed E-state index contributed by atoms with van der Waals surface area (Å²) in [6.07, 6.45) is 0. The summed E-state index contributed by atoms with van der Waals surface area (Å²) in [6, 6.07) is 3.01. The van der Waals surface area contributed by atoms with Crippen LogP contribution in [0.4, 0.5) is 8.78 Å². The first-order valence-electron chi connectivity index (χ1n) is 5.52. The van der Waals surface area contributed by atoms with E-state index in [-0.39, 0.29) is 11.3 Å².